The number of carbonyl (C=O) groups is 2. The Morgan fingerprint density at radius 3 is 2.71 bits per heavy atom. The number of rotatable bonds is 4. The molecule has 4 nitrogen and oxygen atoms in total. The van der Waals surface area contributed by atoms with Crippen molar-refractivity contribution in [1.82, 2.24) is 0 Å². The molecule has 3 N–H and O–H groups in total. The first kappa shape index (κ1) is 10.2. The Morgan fingerprint density at radius 2 is 2.14 bits per heavy atom. The van der Waals surface area contributed by atoms with Crippen LogP contribution in [0, 0.1) is 0 Å². The SMILES string of the molecule is CC(=O)c1cccc(NCC(N)=O)c1. The van der Waals surface area contributed by atoms with Crippen molar-refractivity contribution < 1.29 is 9.59 Å². The van der Waals surface area contributed by atoms with E-state index in [2.05, 4.69) is 5.32 Å². The molecule has 4 heteroatoms. The quantitative estimate of drug-likeness (QED) is 0.692. The molecule has 1 aromatic rings. The highest BCUT2D eigenvalue weighted by Gasteiger charge is 2.00. The second-order valence-electron chi connectivity index (χ2n) is 2.96. The molecule has 0 spiro atoms. The molecule has 0 saturated carbocycles. The third-order valence-corrected chi connectivity index (χ3v) is 1.74. The van der Waals surface area contributed by atoms with Crippen LogP contribution in [0.2, 0.25) is 0 Å². The van der Waals surface area contributed by atoms with Crippen LogP contribution in [0.25, 0.3) is 0 Å². The largest absolute Gasteiger partial charge is 0.376 e. The van der Waals surface area contributed by atoms with Crippen molar-refractivity contribution in [3.05, 3.63) is 29.8 Å². The predicted octanol–water partition coefficient (Wildman–Crippen LogP) is 0.786. The number of amides is 1. The van der Waals surface area contributed by atoms with Crippen molar-refractivity contribution in [2.75, 3.05) is 11.9 Å². The zero-order valence-corrected chi connectivity index (χ0v) is 7.91. The molecule has 0 aliphatic heterocycles. The maximum Gasteiger partial charge on any atom is 0.236 e. The molecule has 0 aliphatic rings. The Bertz CT molecular complexity index is 361. The third kappa shape index (κ3) is 2.90. The molecule has 74 valence electrons. The molecule has 1 aromatic carbocycles. The van der Waals surface area contributed by atoms with Gasteiger partial charge in [-0.05, 0) is 19.1 Å². The first-order valence-corrected chi connectivity index (χ1v) is 4.23. The van der Waals surface area contributed by atoms with Gasteiger partial charge < -0.3 is 11.1 Å². The van der Waals surface area contributed by atoms with Crippen molar-refractivity contribution in [2.45, 2.75) is 6.92 Å². The Kier molecular flexibility index (Phi) is 3.23. The normalized spacial score (nSPS) is 9.50. The van der Waals surface area contributed by atoms with E-state index in [1.807, 2.05) is 0 Å². The summed E-state index contributed by atoms with van der Waals surface area (Å²) < 4.78 is 0. The molecule has 0 saturated heterocycles. The van der Waals surface area contributed by atoms with E-state index in [4.69, 9.17) is 5.73 Å². The van der Waals surface area contributed by atoms with Gasteiger partial charge in [0.2, 0.25) is 5.91 Å². The zero-order valence-electron chi connectivity index (χ0n) is 7.91. The van der Waals surface area contributed by atoms with Crippen molar-refractivity contribution in [3.63, 3.8) is 0 Å². The summed E-state index contributed by atoms with van der Waals surface area (Å²) in [6, 6.07) is 6.93. The van der Waals surface area contributed by atoms with Gasteiger partial charge in [-0.25, -0.2) is 0 Å². The topological polar surface area (TPSA) is 72.2 Å². The molecule has 0 aliphatic carbocycles. The number of nitrogens with one attached hydrogen (secondary N) is 1. The predicted molar refractivity (Wildman–Crippen MR) is 54.1 cm³/mol. The number of primary amides is 1. The van der Waals surface area contributed by atoms with Crippen LogP contribution in [-0.4, -0.2) is 18.2 Å². The fourth-order valence-corrected chi connectivity index (χ4v) is 1.04. The van der Waals surface area contributed by atoms with Crippen LogP contribution in [0.5, 0.6) is 0 Å². The van der Waals surface area contributed by atoms with Gasteiger partial charge >= 0.3 is 0 Å². The smallest absolute Gasteiger partial charge is 0.236 e. The summed E-state index contributed by atoms with van der Waals surface area (Å²) in [7, 11) is 0. The molecule has 1 amide bonds. The second kappa shape index (κ2) is 4.41. The van der Waals surface area contributed by atoms with Gasteiger partial charge in [0.25, 0.3) is 0 Å². The van der Waals surface area contributed by atoms with Crippen LogP contribution in [0.1, 0.15) is 17.3 Å². The van der Waals surface area contributed by atoms with Gasteiger partial charge in [0.1, 0.15) is 0 Å². The van der Waals surface area contributed by atoms with Crippen LogP contribution < -0.4 is 11.1 Å². The summed E-state index contributed by atoms with van der Waals surface area (Å²) in [6.07, 6.45) is 0. The summed E-state index contributed by atoms with van der Waals surface area (Å²) in [5.41, 5.74) is 6.30. The van der Waals surface area contributed by atoms with Gasteiger partial charge in [0.05, 0.1) is 6.54 Å². The average molecular weight is 192 g/mol. The van der Waals surface area contributed by atoms with Gasteiger partial charge in [-0.15, -0.1) is 0 Å². The number of anilines is 1. The van der Waals surface area contributed by atoms with E-state index in [1.54, 1.807) is 24.3 Å². The van der Waals surface area contributed by atoms with Crippen molar-refractivity contribution in [1.29, 1.82) is 0 Å². The fraction of sp³-hybridized carbons (Fsp3) is 0.200. The van der Waals surface area contributed by atoms with Crippen LogP contribution in [0.3, 0.4) is 0 Å². The van der Waals surface area contributed by atoms with Gasteiger partial charge in [-0.2, -0.15) is 0 Å². The minimum atomic E-state index is -0.432. The first-order valence-electron chi connectivity index (χ1n) is 4.23. The van der Waals surface area contributed by atoms with Crippen LogP contribution in [-0.2, 0) is 4.79 Å². The molecule has 0 heterocycles. The number of benzene rings is 1. The Balaban J connectivity index is 2.73. The van der Waals surface area contributed by atoms with Crippen LogP contribution in [0.15, 0.2) is 24.3 Å². The van der Waals surface area contributed by atoms with E-state index < -0.39 is 5.91 Å². The van der Waals surface area contributed by atoms with Gasteiger partial charge in [-0.1, -0.05) is 12.1 Å². The molecule has 14 heavy (non-hydrogen) atoms. The molecular weight excluding hydrogens is 180 g/mol. The van der Waals surface area contributed by atoms with Crippen molar-refractivity contribution in [3.8, 4) is 0 Å². The van der Waals surface area contributed by atoms with E-state index >= 15 is 0 Å². The zero-order chi connectivity index (χ0) is 10.6. The van der Waals surface area contributed by atoms with E-state index in [0.717, 1.165) is 5.69 Å². The molecular formula is C10H12N2O2. The fourth-order valence-electron chi connectivity index (χ4n) is 1.04. The minimum absolute atomic E-state index is 0.00674. The lowest BCUT2D eigenvalue weighted by atomic mass is 10.1. The lowest BCUT2D eigenvalue weighted by molar-refractivity contribution is -0.116. The van der Waals surface area contributed by atoms with E-state index in [1.165, 1.54) is 6.92 Å². The summed E-state index contributed by atoms with van der Waals surface area (Å²) >= 11 is 0. The van der Waals surface area contributed by atoms with Crippen LogP contribution >= 0.6 is 0 Å². The highest BCUT2D eigenvalue weighted by Crippen LogP contribution is 2.10. The molecule has 0 fully saturated rings. The maximum atomic E-state index is 11.0. The highest BCUT2D eigenvalue weighted by atomic mass is 16.1. The number of ketones is 1. The lowest BCUT2D eigenvalue weighted by Crippen LogP contribution is -2.21. The number of Topliss-reactive ketones (excluding diaryl/α,β-unsaturated/α-hetero) is 1. The molecule has 0 atom stereocenters. The number of carbonyl (C=O) groups excluding carboxylic acids is 2. The molecule has 1 rings (SSSR count). The molecule has 0 aromatic heterocycles. The van der Waals surface area contributed by atoms with Gasteiger partial charge in [0.15, 0.2) is 5.78 Å². The Hall–Kier alpha value is -1.84. The summed E-state index contributed by atoms with van der Waals surface area (Å²) in [5.74, 6) is -0.439. The maximum absolute atomic E-state index is 11.0. The minimum Gasteiger partial charge on any atom is -0.376 e. The average Bonchev–Trinajstić information content (AvgIpc) is 2.15. The highest BCUT2D eigenvalue weighted by molar-refractivity contribution is 5.95. The Morgan fingerprint density at radius 1 is 1.43 bits per heavy atom. The van der Waals surface area contributed by atoms with Crippen molar-refractivity contribution >= 4 is 17.4 Å². The third-order valence-electron chi connectivity index (χ3n) is 1.74. The van der Waals surface area contributed by atoms with E-state index in [0.29, 0.717) is 5.56 Å². The van der Waals surface area contributed by atoms with E-state index in [-0.39, 0.29) is 12.3 Å². The standard InChI is InChI=1S/C10H12N2O2/c1-7(13)8-3-2-4-9(5-8)12-6-10(11)14/h2-5,12H,6H2,1H3,(H2,11,14). The van der Waals surface area contributed by atoms with Crippen molar-refractivity contribution in [2.24, 2.45) is 5.73 Å². The van der Waals surface area contributed by atoms with Gasteiger partial charge in [-0.3, -0.25) is 9.59 Å². The summed E-state index contributed by atoms with van der Waals surface area (Å²) in [6.45, 7) is 1.56. The Labute approximate surface area is 82.1 Å². The second-order valence-corrected chi connectivity index (χ2v) is 2.96. The molecule has 0 bridgehead atoms. The van der Waals surface area contributed by atoms with Crippen LogP contribution in [0.4, 0.5) is 5.69 Å². The monoisotopic (exact) mass is 192 g/mol. The molecule has 0 unspecified atom stereocenters. The summed E-state index contributed by atoms with van der Waals surface area (Å²) in [5, 5.41) is 2.81. The lowest BCUT2D eigenvalue weighted by Gasteiger charge is -2.04. The number of hydrogen-bond acceptors (Lipinski definition) is 3. The number of nitrogens with two attached hydrogens (primary N) is 1. The summed E-state index contributed by atoms with van der Waals surface area (Å²) in [4.78, 5) is 21.5. The molecule has 0 radical (unpaired) electrons. The van der Waals surface area contributed by atoms with E-state index in [9.17, 15) is 9.59 Å². The first-order chi connectivity index (χ1) is 6.59. The van der Waals surface area contributed by atoms with Gasteiger partial charge in [0, 0.05) is 11.3 Å². The number of hydrogen-bond donors (Lipinski definition) is 2.